The third kappa shape index (κ3) is 14.8. The summed E-state index contributed by atoms with van der Waals surface area (Å²) in [5.74, 6) is -2.28. The number of ether oxygens (including phenoxy) is 3. The van der Waals surface area contributed by atoms with Crippen molar-refractivity contribution < 1.29 is 54.1 Å². The van der Waals surface area contributed by atoms with Gasteiger partial charge in [0.2, 0.25) is 11.6 Å². The minimum absolute atomic E-state index is 0.0312. The topological polar surface area (TPSA) is 157 Å². The van der Waals surface area contributed by atoms with Gasteiger partial charge >= 0.3 is 0 Å². The van der Waals surface area contributed by atoms with Crippen LogP contribution in [0.15, 0.2) is 84.9 Å². The van der Waals surface area contributed by atoms with Crippen molar-refractivity contribution in [1.29, 1.82) is 0 Å². The second kappa shape index (κ2) is 25.6. The highest BCUT2D eigenvalue weighted by Gasteiger charge is 2.57. The van der Waals surface area contributed by atoms with E-state index >= 15 is 0 Å². The Kier molecular flexibility index (Phi) is 19.9. The second-order valence-corrected chi connectivity index (χ2v) is 36.0. The molecule has 6 fully saturated rings. The molecule has 0 aromatic heterocycles. The summed E-state index contributed by atoms with van der Waals surface area (Å²) in [6.45, 7) is 14.4. The van der Waals surface area contributed by atoms with Crippen LogP contribution >= 0.6 is 36.1 Å². The van der Waals surface area contributed by atoms with Gasteiger partial charge in [-0.3, -0.25) is 0 Å². The van der Waals surface area contributed by atoms with Crippen LogP contribution < -0.4 is 0 Å². The minimum atomic E-state index is -2.13. The van der Waals surface area contributed by atoms with E-state index in [0.717, 1.165) is 16.7 Å². The molecule has 2 saturated heterocycles. The smallest absolute Gasteiger partial charge is 0.224 e. The molecule has 4 aromatic carbocycles. The fourth-order valence-electron chi connectivity index (χ4n) is 12.7. The standard InChI is InChI=1S/C34H51ClO4Si2.C28H35ClO6.CH4OS/c1-23-24(2)37-34(36,32(39-41(6,7)8)31(23)38-40(3,4)5)29-13-14-30(35)28(22-29)21-25-9-11-26(12-10-25)27-15-17-33(18-16-27)19-20-33;1-34-28(26(33)25(32)24(31)23(16-30)35-28)21-6-7-22(29)20(15-21)14-17-2-4-18(5-3-17)19-8-10-27(11-9-19)12-13-27;1-2-3/h9-14,22-24,27,31-32,36H,15-21H2,1-8H3;2-7,15,19,23-26,30-33H,8-14,16H2,1H3;3H,1H3/t23-,24-,31+,32-,34?;23-,24-,25+,26-,28?;/m11./s1/i2T;;. The van der Waals surface area contributed by atoms with Gasteiger partial charge in [-0.25, -0.2) is 0 Å². The first kappa shape index (κ1) is 61.4. The molecule has 436 valence electrons. The van der Waals surface area contributed by atoms with Crippen LogP contribution in [0.25, 0.3) is 0 Å². The van der Waals surface area contributed by atoms with Gasteiger partial charge in [-0.2, -0.15) is 0 Å². The number of rotatable bonds is 14. The monoisotopic (exact) mass is 1180 g/mol. The predicted octanol–water partition coefficient (Wildman–Crippen LogP) is 13.1. The maximum Gasteiger partial charge on any atom is 0.224 e. The quantitative estimate of drug-likeness (QED) is 0.0406. The Bertz CT molecular complexity index is 2650. The van der Waals surface area contributed by atoms with E-state index in [1.807, 2.05) is 18.2 Å². The molecule has 10 atom stereocenters. The molecule has 10 rings (SSSR count). The number of methoxy groups -OCH3 is 1. The Morgan fingerprint density at radius 3 is 1.49 bits per heavy atom. The van der Waals surface area contributed by atoms with E-state index in [-0.39, 0.29) is 12.8 Å². The maximum atomic E-state index is 12.4. The minimum Gasteiger partial charge on any atom is -0.412 e. The number of aliphatic hydroxyl groups is 5. The van der Waals surface area contributed by atoms with Gasteiger partial charge in [0, 0.05) is 42.7 Å². The summed E-state index contributed by atoms with van der Waals surface area (Å²) in [5.41, 5.74) is 9.37. The fraction of sp³-hybridized carbons (Fsp3) is 0.619. The van der Waals surface area contributed by atoms with Crippen LogP contribution in [0.5, 0.6) is 0 Å². The molecule has 4 saturated carbocycles. The maximum absolute atomic E-state index is 12.4. The van der Waals surface area contributed by atoms with Crippen LogP contribution in [0, 0.1) is 16.7 Å². The number of thiol groups is 1. The molecule has 4 aliphatic carbocycles. The van der Waals surface area contributed by atoms with Crippen molar-refractivity contribution in [3.63, 3.8) is 0 Å². The highest BCUT2D eigenvalue weighted by atomic mass is 35.5. The number of hydrogen-bond donors (Lipinski definition) is 6. The molecule has 11 nitrogen and oxygen atoms in total. The molecule has 79 heavy (non-hydrogen) atoms. The molecule has 0 amide bonds. The average Bonchev–Trinajstić information content (AvgIpc) is 4.47. The SMILES string of the molecule is COC1(c2ccc(Cl)c(Cc3ccc(C4CCC5(CC4)CC5)cc3)c2)O[C@H](CO)[C@@H](O)[C@H](O)[C@H]1O.COS.[3H]C[C@H]1OC(O)(c2ccc(Cl)c(Cc3ccc(C4CCC5(CC4)CC5)cc3)c2)[C@H](O[Si](C)(C)C)[C@@H](O[Si](C)(C)C)[C@@H]1C. The Labute approximate surface area is 490 Å². The van der Waals surface area contributed by atoms with Gasteiger partial charge in [0.1, 0.15) is 30.5 Å². The molecule has 2 spiro atoms. The number of benzene rings is 4. The molecule has 5 N–H and O–H groups in total. The molecule has 16 heteroatoms. The first-order chi connectivity index (χ1) is 37.8. The van der Waals surface area contributed by atoms with E-state index in [1.54, 1.807) is 18.2 Å². The van der Waals surface area contributed by atoms with Crippen molar-refractivity contribution in [2.75, 3.05) is 20.8 Å². The Hall–Kier alpha value is -2.20. The lowest BCUT2D eigenvalue weighted by Gasteiger charge is -2.52. The normalized spacial score (nSPS) is 31.4. The largest absolute Gasteiger partial charge is 0.412 e. The van der Waals surface area contributed by atoms with Gasteiger partial charge in [0.05, 0.1) is 18.8 Å². The molecular formula is C63H90Cl2O11SSi2. The fourth-order valence-corrected chi connectivity index (χ4v) is 15.3. The van der Waals surface area contributed by atoms with Crippen molar-refractivity contribution >= 4 is 52.7 Å². The third-order valence-corrected chi connectivity index (χ3v) is 20.6. The zero-order chi connectivity index (χ0) is 58.0. The van der Waals surface area contributed by atoms with Crippen LogP contribution in [0.2, 0.25) is 49.3 Å². The highest BCUT2D eigenvalue weighted by Crippen LogP contribution is 2.59. The van der Waals surface area contributed by atoms with Gasteiger partial charge in [0.15, 0.2) is 16.6 Å². The Balaban J connectivity index is 0.000000203. The molecular weight excluding hydrogens is 1090 g/mol. The number of aliphatic hydroxyl groups excluding tert-OH is 4. The lowest BCUT2D eigenvalue weighted by Crippen LogP contribution is -2.64. The van der Waals surface area contributed by atoms with Gasteiger partial charge in [-0.1, -0.05) is 90.8 Å². The van der Waals surface area contributed by atoms with Crippen LogP contribution in [0.1, 0.15) is 149 Å². The Morgan fingerprint density at radius 2 is 1.09 bits per heavy atom. The first-order valence-electron chi connectivity index (χ1n) is 29.4. The van der Waals surface area contributed by atoms with Crippen molar-refractivity contribution in [2.24, 2.45) is 16.7 Å². The van der Waals surface area contributed by atoms with E-state index in [0.29, 0.717) is 56.7 Å². The van der Waals surface area contributed by atoms with Crippen LogP contribution in [-0.4, -0.2) is 106 Å². The summed E-state index contributed by atoms with van der Waals surface area (Å²) in [7, 11) is -1.31. The summed E-state index contributed by atoms with van der Waals surface area (Å²) >= 11 is 16.6. The molecule has 2 heterocycles. The molecule has 0 bridgehead atoms. The van der Waals surface area contributed by atoms with Gasteiger partial charge in [0.25, 0.3) is 0 Å². The van der Waals surface area contributed by atoms with Crippen molar-refractivity contribution in [3.05, 3.63) is 139 Å². The summed E-state index contributed by atoms with van der Waals surface area (Å²) < 4.78 is 43.4. The van der Waals surface area contributed by atoms with E-state index in [9.17, 15) is 25.5 Å². The summed E-state index contributed by atoms with van der Waals surface area (Å²) in [4.78, 5) is 0. The highest BCUT2D eigenvalue weighted by molar-refractivity contribution is 7.75. The summed E-state index contributed by atoms with van der Waals surface area (Å²) in [6, 6.07) is 28.7. The second-order valence-electron chi connectivity index (χ2n) is 25.9. The molecule has 4 aromatic rings. The Morgan fingerprint density at radius 1 is 0.646 bits per heavy atom. The van der Waals surface area contributed by atoms with Gasteiger partial charge < -0.3 is 52.8 Å². The van der Waals surface area contributed by atoms with Crippen LogP contribution in [0.4, 0.5) is 0 Å². The van der Waals surface area contributed by atoms with Crippen molar-refractivity contribution in [3.8, 4) is 0 Å². The zero-order valence-electron chi connectivity index (χ0n) is 49.1. The summed E-state index contributed by atoms with van der Waals surface area (Å²) in [6.07, 6.45) is 10.4. The number of hydrogen-bond acceptors (Lipinski definition) is 12. The van der Waals surface area contributed by atoms with Gasteiger partial charge in [-0.05, 0) is 229 Å². The van der Waals surface area contributed by atoms with Crippen LogP contribution in [0.3, 0.4) is 0 Å². The zero-order valence-corrected chi connectivity index (χ0v) is 52.5. The lowest BCUT2D eigenvalue weighted by molar-refractivity contribution is -0.366. The summed E-state index contributed by atoms with van der Waals surface area (Å²) in [5, 5.41) is 54.6. The first-order valence-corrected chi connectivity index (χ1v) is 36.6. The van der Waals surface area contributed by atoms with Crippen molar-refractivity contribution in [2.45, 2.75) is 209 Å². The molecule has 6 aliphatic rings. The average molecular weight is 1180 g/mol. The van der Waals surface area contributed by atoms with E-state index in [1.165, 1.54) is 108 Å². The van der Waals surface area contributed by atoms with Crippen molar-refractivity contribution in [1.82, 2.24) is 0 Å². The lowest BCUT2D eigenvalue weighted by atomic mass is 9.77. The molecule has 2 unspecified atom stereocenters. The van der Waals surface area contributed by atoms with E-state index < -0.39 is 77.5 Å². The van der Waals surface area contributed by atoms with Gasteiger partial charge in [-0.15, -0.1) is 0 Å². The number of halogens is 2. The van der Waals surface area contributed by atoms with Crippen LogP contribution in [-0.2, 0) is 51.7 Å². The van der Waals surface area contributed by atoms with E-state index in [2.05, 4.69) is 112 Å². The molecule has 2 aliphatic heterocycles. The predicted molar refractivity (Wildman–Crippen MR) is 322 cm³/mol. The molecule has 0 radical (unpaired) electrons. The van der Waals surface area contributed by atoms with E-state index in [4.69, 9.17) is 47.6 Å². The third-order valence-electron chi connectivity index (χ3n) is 17.9.